The van der Waals surface area contributed by atoms with Gasteiger partial charge in [0.1, 0.15) is 5.69 Å². The van der Waals surface area contributed by atoms with Gasteiger partial charge in [-0.1, -0.05) is 0 Å². The van der Waals surface area contributed by atoms with Crippen LogP contribution in [0.25, 0.3) is 11.4 Å². The number of alkyl halides is 2. The number of nitrogen functional groups attached to an aromatic ring is 1. The SMILES string of the molecule is CN1CCN(c2nc(-c3cnc(N)nc3C(F)F)nc(N3CCOCC3)n2)CC1. The normalized spacial score (nSPS) is 18.5. The summed E-state index contributed by atoms with van der Waals surface area (Å²) in [4.78, 5) is 27.4. The lowest BCUT2D eigenvalue weighted by molar-refractivity contribution is 0.122. The van der Waals surface area contributed by atoms with Crippen LogP contribution < -0.4 is 15.5 Å². The van der Waals surface area contributed by atoms with E-state index in [4.69, 9.17) is 10.5 Å². The van der Waals surface area contributed by atoms with Crippen molar-refractivity contribution in [3.05, 3.63) is 11.9 Å². The van der Waals surface area contributed by atoms with Crippen molar-refractivity contribution in [2.45, 2.75) is 6.43 Å². The zero-order valence-corrected chi connectivity index (χ0v) is 16.1. The fourth-order valence-corrected chi connectivity index (χ4v) is 3.27. The third-order valence-corrected chi connectivity index (χ3v) is 4.98. The maximum atomic E-state index is 13.6. The van der Waals surface area contributed by atoms with Gasteiger partial charge < -0.3 is 25.2 Å². The smallest absolute Gasteiger partial charge is 0.281 e. The van der Waals surface area contributed by atoms with E-state index in [1.807, 2.05) is 9.80 Å². The van der Waals surface area contributed by atoms with E-state index in [-0.39, 0.29) is 17.3 Å². The number of likely N-dealkylation sites (N-methyl/N-ethyl adjacent to an activating group) is 1. The molecule has 156 valence electrons. The lowest BCUT2D eigenvalue weighted by atomic mass is 10.2. The van der Waals surface area contributed by atoms with Gasteiger partial charge in [-0.25, -0.2) is 18.7 Å². The van der Waals surface area contributed by atoms with E-state index in [2.05, 4.69) is 36.9 Å². The highest BCUT2D eigenvalue weighted by molar-refractivity contribution is 5.61. The van der Waals surface area contributed by atoms with Crippen LogP contribution in [-0.4, -0.2) is 89.3 Å². The molecule has 0 aliphatic carbocycles. The van der Waals surface area contributed by atoms with Gasteiger partial charge in [-0.05, 0) is 7.05 Å². The summed E-state index contributed by atoms with van der Waals surface area (Å²) in [5.41, 5.74) is 5.08. The lowest BCUT2D eigenvalue weighted by Crippen LogP contribution is -2.45. The summed E-state index contributed by atoms with van der Waals surface area (Å²) in [6.45, 7) is 5.54. The number of aromatic nitrogens is 5. The first-order valence-corrected chi connectivity index (χ1v) is 9.44. The zero-order valence-electron chi connectivity index (χ0n) is 16.1. The summed E-state index contributed by atoms with van der Waals surface area (Å²) < 4.78 is 32.6. The van der Waals surface area contributed by atoms with E-state index in [1.54, 1.807) is 0 Å². The molecule has 29 heavy (non-hydrogen) atoms. The van der Waals surface area contributed by atoms with Gasteiger partial charge in [0.15, 0.2) is 5.82 Å². The number of halogens is 2. The molecule has 2 aromatic heterocycles. The van der Waals surface area contributed by atoms with Gasteiger partial charge in [-0.15, -0.1) is 0 Å². The van der Waals surface area contributed by atoms with E-state index in [0.717, 1.165) is 26.2 Å². The van der Waals surface area contributed by atoms with Crippen molar-refractivity contribution < 1.29 is 13.5 Å². The molecule has 0 aromatic carbocycles. The van der Waals surface area contributed by atoms with Crippen LogP contribution in [0.5, 0.6) is 0 Å². The Morgan fingerprint density at radius 2 is 1.55 bits per heavy atom. The molecule has 2 saturated heterocycles. The number of hydrogen-bond donors (Lipinski definition) is 1. The van der Waals surface area contributed by atoms with E-state index in [1.165, 1.54) is 6.20 Å². The second-order valence-corrected chi connectivity index (χ2v) is 6.98. The van der Waals surface area contributed by atoms with Gasteiger partial charge >= 0.3 is 0 Å². The summed E-state index contributed by atoms with van der Waals surface area (Å²) in [5.74, 6) is 0.794. The number of nitrogens with zero attached hydrogens (tertiary/aromatic N) is 8. The summed E-state index contributed by atoms with van der Waals surface area (Å²) in [5, 5.41) is 0. The zero-order chi connectivity index (χ0) is 20.4. The van der Waals surface area contributed by atoms with Crippen molar-refractivity contribution in [2.24, 2.45) is 0 Å². The highest BCUT2D eigenvalue weighted by Gasteiger charge is 2.25. The fraction of sp³-hybridized carbons (Fsp3) is 0.588. The molecule has 4 rings (SSSR count). The molecule has 0 bridgehead atoms. The molecule has 0 unspecified atom stereocenters. The minimum Gasteiger partial charge on any atom is -0.378 e. The van der Waals surface area contributed by atoms with Crippen LogP contribution in [0.3, 0.4) is 0 Å². The molecule has 2 fully saturated rings. The van der Waals surface area contributed by atoms with Crippen molar-refractivity contribution in [3.63, 3.8) is 0 Å². The van der Waals surface area contributed by atoms with Crippen molar-refractivity contribution >= 4 is 17.8 Å². The largest absolute Gasteiger partial charge is 0.378 e. The Bertz CT molecular complexity index is 855. The Labute approximate surface area is 166 Å². The predicted octanol–water partition coefficient (Wildman–Crippen LogP) is 0.437. The van der Waals surface area contributed by atoms with E-state index in [9.17, 15) is 8.78 Å². The van der Waals surface area contributed by atoms with Crippen molar-refractivity contribution in [2.75, 3.05) is 75.1 Å². The Morgan fingerprint density at radius 1 is 0.931 bits per heavy atom. The molecule has 0 spiro atoms. The lowest BCUT2D eigenvalue weighted by Gasteiger charge is -2.33. The second-order valence-electron chi connectivity index (χ2n) is 6.98. The van der Waals surface area contributed by atoms with Gasteiger partial charge in [0.2, 0.25) is 17.8 Å². The Kier molecular flexibility index (Phi) is 5.62. The molecule has 12 heteroatoms. The highest BCUT2D eigenvalue weighted by Crippen LogP contribution is 2.29. The van der Waals surface area contributed by atoms with Crippen LogP contribution in [0, 0.1) is 0 Å². The molecule has 2 aliphatic heterocycles. The number of rotatable bonds is 4. The quantitative estimate of drug-likeness (QED) is 0.766. The first kappa shape index (κ1) is 19.6. The molecular formula is C17H23F2N9O. The predicted molar refractivity (Wildman–Crippen MR) is 103 cm³/mol. The average Bonchev–Trinajstić information content (AvgIpc) is 2.74. The van der Waals surface area contributed by atoms with Gasteiger partial charge in [-0.2, -0.15) is 15.0 Å². The number of piperazine rings is 1. The average molecular weight is 407 g/mol. The first-order valence-electron chi connectivity index (χ1n) is 9.44. The molecule has 2 aromatic rings. The highest BCUT2D eigenvalue weighted by atomic mass is 19.3. The standard InChI is InChI=1S/C17H23F2N9O/c1-26-2-4-27(5-3-26)16-23-14(11-10-21-15(20)22-12(11)13(18)19)24-17(25-16)28-6-8-29-9-7-28/h10,13H,2-9H2,1H3,(H2,20,21,22). The molecule has 0 saturated carbocycles. The van der Waals surface area contributed by atoms with Crippen LogP contribution >= 0.6 is 0 Å². The van der Waals surface area contributed by atoms with Crippen LogP contribution in [0.4, 0.5) is 26.6 Å². The molecule has 0 radical (unpaired) electrons. The van der Waals surface area contributed by atoms with Crippen molar-refractivity contribution in [3.8, 4) is 11.4 Å². The maximum absolute atomic E-state index is 13.6. The van der Waals surface area contributed by atoms with Gasteiger partial charge in [-0.3, -0.25) is 0 Å². The van der Waals surface area contributed by atoms with Gasteiger partial charge in [0.25, 0.3) is 6.43 Å². The fourth-order valence-electron chi connectivity index (χ4n) is 3.27. The summed E-state index contributed by atoms with van der Waals surface area (Å²) >= 11 is 0. The summed E-state index contributed by atoms with van der Waals surface area (Å²) in [6, 6.07) is 0. The second kappa shape index (κ2) is 8.33. The molecule has 10 nitrogen and oxygen atoms in total. The Hall–Kier alpha value is -2.73. The van der Waals surface area contributed by atoms with Crippen LogP contribution in [0.15, 0.2) is 6.20 Å². The molecule has 0 atom stereocenters. The first-order chi connectivity index (χ1) is 14.0. The third-order valence-electron chi connectivity index (χ3n) is 4.98. The van der Waals surface area contributed by atoms with Crippen molar-refractivity contribution in [1.82, 2.24) is 29.8 Å². The van der Waals surface area contributed by atoms with Gasteiger partial charge in [0, 0.05) is 45.5 Å². The topological polar surface area (TPSA) is 109 Å². The van der Waals surface area contributed by atoms with E-state index in [0.29, 0.717) is 38.2 Å². The number of hydrogen-bond acceptors (Lipinski definition) is 10. The number of nitrogens with two attached hydrogens (primary N) is 1. The van der Waals surface area contributed by atoms with E-state index < -0.39 is 12.1 Å². The minimum atomic E-state index is -2.83. The monoisotopic (exact) mass is 407 g/mol. The number of anilines is 3. The minimum absolute atomic E-state index is 0.0569. The third kappa shape index (κ3) is 4.32. The van der Waals surface area contributed by atoms with Gasteiger partial charge in [0.05, 0.1) is 18.8 Å². The summed E-state index contributed by atoms with van der Waals surface area (Å²) in [6.07, 6.45) is -1.58. The van der Waals surface area contributed by atoms with Crippen LogP contribution in [0.1, 0.15) is 12.1 Å². The van der Waals surface area contributed by atoms with E-state index >= 15 is 0 Å². The van der Waals surface area contributed by atoms with Crippen molar-refractivity contribution in [1.29, 1.82) is 0 Å². The molecule has 0 amide bonds. The molecular weight excluding hydrogens is 384 g/mol. The Morgan fingerprint density at radius 3 is 2.17 bits per heavy atom. The maximum Gasteiger partial charge on any atom is 0.281 e. The van der Waals surface area contributed by atoms with Crippen LogP contribution in [0.2, 0.25) is 0 Å². The Balaban J connectivity index is 1.77. The number of morpholine rings is 1. The number of ether oxygens (including phenoxy) is 1. The van der Waals surface area contributed by atoms with Crippen LogP contribution in [-0.2, 0) is 4.74 Å². The molecule has 2 aliphatic rings. The molecule has 4 heterocycles. The summed E-state index contributed by atoms with van der Waals surface area (Å²) in [7, 11) is 2.05. The molecule has 2 N–H and O–H groups in total.